The van der Waals surface area contributed by atoms with Crippen molar-refractivity contribution in [3.8, 4) is 5.75 Å². The molecule has 0 radical (unpaired) electrons. The van der Waals surface area contributed by atoms with Crippen LogP contribution in [0.4, 0.5) is 0 Å². The second-order valence-electron chi connectivity index (χ2n) is 3.79. The minimum absolute atomic E-state index is 0.211. The lowest BCUT2D eigenvalue weighted by Gasteiger charge is -2.21. The molecule has 1 aromatic rings. The summed E-state index contributed by atoms with van der Waals surface area (Å²) in [5.74, 6) is 0.738. The van der Waals surface area contributed by atoms with Crippen molar-refractivity contribution in [3.05, 3.63) is 28.2 Å². The van der Waals surface area contributed by atoms with Gasteiger partial charge < -0.3 is 4.74 Å². The number of rotatable bonds is 1. The third kappa shape index (κ3) is 3.45. The van der Waals surface area contributed by atoms with Crippen molar-refractivity contribution < 1.29 is 4.74 Å². The molecule has 0 aliphatic carbocycles. The van der Waals surface area contributed by atoms with Crippen molar-refractivity contribution in [3.63, 3.8) is 0 Å². The van der Waals surface area contributed by atoms with Crippen molar-refractivity contribution in [1.82, 2.24) is 0 Å². The van der Waals surface area contributed by atoms with Crippen LogP contribution in [0.25, 0.3) is 0 Å². The quantitative estimate of drug-likeness (QED) is 0.688. The van der Waals surface area contributed by atoms with E-state index in [1.807, 2.05) is 20.8 Å². The molecule has 0 heterocycles. The fourth-order valence-corrected chi connectivity index (χ4v) is 1.18. The van der Waals surface area contributed by atoms with Crippen LogP contribution in [0.2, 0.25) is 10.0 Å². The summed E-state index contributed by atoms with van der Waals surface area (Å²) in [6.07, 6.45) is 0. The van der Waals surface area contributed by atoms with E-state index in [-0.39, 0.29) is 5.60 Å². The van der Waals surface area contributed by atoms with Crippen molar-refractivity contribution >= 4 is 23.2 Å². The lowest BCUT2D eigenvalue weighted by Crippen LogP contribution is -2.22. The van der Waals surface area contributed by atoms with Gasteiger partial charge in [-0.3, -0.25) is 0 Å². The van der Waals surface area contributed by atoms with E-state index in [0.29, 0.717) is 10.0 Å². The van der Waals surface area contributed by atoms with Crippen LogP contribution in [-0.2, 0) is 0 Å². The van der Waals surface area contributed by atoms with E-state index >= 15 is 0 Å². The summed E-state index contributed by atoms with van der Waals surface area (Å²) in [6, 6.07) is 5.25. The average molecular weight is 219 g/mol. The topological polar surface area (TPSA) is 9.23 Å². The standard InChI is InChI=1S/C10H12Cl2O/c1-10(2,3)13-7-4-5-8(11)9(12)6-7/h4-6H,1-3H3. The monoisotopic (exact) mass is 218 g/mol. The zero-order valence-electron chi connectivity index (χ0n) is 7.90. The Morgan fingerprint density at radius 1 is 1.08 bits per heavy atom. The highest BCUT2D eigenvalue weighted by molar-refractivity contribution is 6.42. The van der Waals surface area contributed by atoms with Gasteiger partial charge in [-0.15, -0.1) is 0 Å². The fraction of sp³-hybridized carbons (Fsp3) is 0.400. The Bertz CT molecular complexity index is 302. The van der Waals surface area contributed by atoms with E-state index in [4.69, 9.17) is 27.9 Å². The molecule has 13 heavy (non-hydrogen) atoms. The number of hydrogen-bond acceptors (Lipinski definition) is 1. The maximum absolute atomic E-state index is 5.83. The smallest absolute Gasteiger partial charge is 0.121 e. The second kappa shape index (κ2) is 3.77. The Hall–Kier alpha value is -0.400. The molecule has 72 valence electrons. The van der Waals surface area contributed by atoms with E-state index < -0.39 is 0 Å². The highest BCUT2D eigenvalue weighted by Gasteiger charge is 2.12. The van der Waals surface area contributed by atoms with Crippen molar-refractivity contribution in [1.29, 1.82) is 0 Å². The molecule has 0 atom stereocenters. The third-order valence-electron chi connectivity index (χ3n) is 1.32. The summed E-state index contributed by atoms with van der Waals surface area (Å²) in [4.78, 5) is 0. The van der Waals surface area contributed by atoms with Crippen LogP contribution in [0.5, 0.6) is 5.75 Å². The molecule has 0 saturated carbocycles. The Kier molecular flexibility index (Phi) is 3.09. The van der Waals surface area contributed by atoms with Gasteiger partial charge in [0.05, 0.1) is 10.0 Å². The summed E-state index contributed by atoms with van der Waals surface area (Å²) in [7, 11) is 0. The van der Waals surface area contributed by atoms with Crippen LogP contribution in [0.15, 0.2) is 18.2 Å². The highest BCUT2D eigenvalue weighted by atomic mass is 35.5. The van der Waals surface area contributed by atoms with Crippen LogP contribution < -0.4 is 4.74 Å². The average Bonchev–Trinajstić information content (AvgIpc) is 1.94. The normalized spacial score (nSPS) is 11.5. The molecule has 1 nitrogen and oxygen atoms in total. The lowest BCUT2D eigenvalue weighted by atomic mass is 10.2. The molecule has 3 heteroatoms. The molecule has 0 saturated heterocycles. The van der Waals surface area contributed by atoms with Crippen molar-refractivity contribution in [2.24, 2.45) is 0 Å². The molecular formula is C10H12Cl2O. The molecule has 0 amide bonds. The molecule has 0 unspecified atom stereocenters. The Morgan fingerprint density at radius 3 is 2.15 bits per heavy atom. The van der Waals surface area contributed by atoms with Gasteiger partial charge in [-0.05, 0) is 32.9 Å². The van der Waals surface area contributed by atoms with E-state index in [9.17, 15) is 0 Å². The minimum Gasteiger partial charge on any atom is -0.488 e. The molecule has 0 spiro atoms. The first-order valence-electron chi connectivity index (χ1n) is 4.02. The van der Waals surface area contributed by atoms with Crippen LogP contribution in [-0.4, -0.2) is 5.60 Å². The molecule has 0 bridgehead atoms. The maximum atomic E-state index is 5.83. The Labute approximate surface area is 88.6 Å². The maximum Gasteiger partial charge on any atom is 0.121 e. The van der Waals surface area contributed by atoms with Crippen molar-refractivity contribution in [2.45, 2.75) is 26.4 Å². The molecule has 0 aromatic heterocycles. The zero-order valence-corrected chi connectivity index (χ0v) is 9.41. The largest absolute Gasteiger partial charge is 0.488 e. The van der Waals surface area contributed by atoms with Gasteiger partial charge in [0, 0.05) is 6.07 Å². The third-order valence-corrected chi connectivity index (χ3v) is 2.05. The molecule has 0 aliphatic rings. The highest BCUT2D eigenvalue weighted by Crippen LogP contribution is 2.28. The number of benzene rings is 1. The molecule has 0 fully saturated rings. The van der Waals surface area contributed by atoms with E-state index in [0.717, 1.165) is 5.75 Å². The molecular weight excluding hydrogens is 207 g/mol. The first-order chi connectivity index (χ1) is 5.88. The van der Waals surface area contributed by atoms with Crippen molar-refractivity contribution in [2.75, 3.05) is 0 Å². The Morgan fingerprint density at radius 2 is 1.69 bits per heavy atom. The van der Waals surface area contributed by atoms with E-state index in [1.165, 1.54) is 0 Å². The summed E-state index contributed by atoms with van der Waals surface area (Å²) in [5, 5.41) is 1.06. The number of hydrogen-bond donors (Lipinski definition) is 0. The fourth-order valence-electron chi connectivity index (χ4n) is 0.894. The van der Waals surface area contributed by atoms with E-state index in [2.05, 4.69) is 0 Å². The lowest BCUT2D eigenvalue weighted by molar-refractivity contribution is 0.131. The number of ether oxygens (including phenoxy) is 1. The molecule has 1 aromatic carbocycles. The first-order valence-corrected chi connectivity index (χ1v) is 4.78. The van der Waals surface area contributed by atoms with Gasteiger partial charge in [-0.2, -0.15) is 0 Å². The van der Waals surface area contributed by atoms with Gasteiger partial charge in [0.15, 0.2) is 0 Å². The van der Waals surface area contributed by atoms with Gasteiger partial charge in [0.25, 0.3) is 0 Å². The zero-order chi connectivity index (χ0) is 10.1. The summed E-state index contributed by atoms with van der Waals surface area (Å²) < 4.78 is 5.59. The van der Waals surface area contributed by atoms with E-state index in [1.54, 1.807) is 18.2 Å². The Balaban J connectivity index is 2.86. The van der Waals surface area contributed by atoms with Gasteiger partial charge in [-0.25, -0.2) is 0 Å². The molecule has 0 aliphatic heterocycles. The predicted molar refractivity (Wildman–Crippen MR) is 56.8 cm³/mol. The summed E-state index contributed by atoms with van der Waals surface area (Å²) in [5.41, 5.74) is -0.211. The van der Waals surface area contributed by atoms with Gasteiger partial charge in [-0.1, -0.05) is 23.2 Å². The van der Waals surface area contributed by atoms with Gasteiger partial charge in [0.1, 0.15) is 11.4 Å². The van der Waals surface area contributed by atoms with Crippen LogP contribution in [0.1, 0.15) is 20.8 Å². The van der Waals surface area contributed by atoms with Gasteiger partial charge in [0.2, 0.25) is 0 Å². The second-order valence-corrected chi connectivity index (χ2v) is 4.60. The SMILES string of the molecule is CC(C)(C)Oc1ccc(Cl)c(Cl)c1. The summed E-state index contributed by atoms with van der Waals surface area (Å²) in [6.45, 7) is 5.94. The molecule has 1 rings (SSSR count). The van der Waals surface area contributed by atoms with Crippen LogP contribution in [0, 0.1) is 0 Å². The first kappa shape index (κ1) is 10.7. The molecule has 0 N–H and O–H groups in total. The van der Waals surface area contributed by atoms with Gasteiger partial charge >= 0.3 is 0 Å². The van der Waals surface area contributed by atoms with Crippen LogP contribution in [0.3, 0.4) is 0 Å². The summed E-state index contributed by atoms with van der Waals surface area (Å²) >= 11 is 11.6. The minimum atomic E-state index is -0.211. The van der Waals surface area contributed by atoms with Crippen LogP contribution >= 0.6 is 23.2 Å². The number of halogens is 2. The predicted octanol–water partition coefficient (Wildman–Crippen LogP) is 4.17.